The molecular weight excluding hydrogens is 565 g/mol. The summed E-state index contributed by atoms with van der Waals surface area (Å²) in [6.07, 6.45) is 3.86. The molecule has 0 bridgehead atoms. The van der Waals surface area contributed by atoms with Gasteiger partial charge in [-0.2, -0.15) is 0 Å². The van der Waals surface area contributed by atoms with E-state index in [1.165, 1.54) is 36.8 Å². The number of aliphatic hydroxyl groups is 2. The number of ether oxygens (including phenoxy) is 2. The van der Waals surface area contributed by atoms with Crippen molar-refractivity contribution in [3.63, 3.8) is 0 Å². The van der Waals surface area contributed by atoms with E-state index >= 15 is 0 Å². The molecule has 2 aromatic rings. The van der Waals surface area contributed by atoms with Crippen LogP contribution in [0.15, 0.2) is 42.5 Å². The lowest BCUT2D eigenvalue weighted by molar-refractivity contribution is 0.0693. The van der Waals surface area contributed by atoms with E-state index in [0.29, 0.717) is 13.2 Å². The van der Waals surface area contributed by atoms with E-state index in [4.69, 9.17) is 21.1 Å². The molecule has 2 N–H and O–H groups in total. The van der Waals surface area contributed by atoms with Crippen molar-refractivity contribution < 1.29 is 19.7 Å². The minimum atomic E-state index is -0.676. The number of hydrogen-bond donors (Lipinski definition) is 2. The number of aliphatic hydroxyl groups excluding tert-OH is 2. The minimum Gasteiger partial charge on any atom is -0.491 e. The fourth-order valence-corrected chi connectivity index (χ4v) is 4.99. The van der Waals surface area contributed by atoms with Crippen molar-refractivity contribution in [2.75, 3.05) is 38.7 Å². The molecular formula is C27H37ClINO4. The molecule has 3 rings (SSSR count). The molecule has 34 heavy (non-hydrogen) atoms. The average Bonchev–Trinajstić information content (AvgIpc) is 3.10. The second-order valence-corrected chi connectivity index (χ2v) is 11.1. The highest BCUT2D eigenvalue weighted by Gasteiger charge is 2.24. The fourth-order valence-electron chi connectivity index (χ4n) is 4.23. The van der Waals surface area contributed by atoms with E-state index in [2.05, 4.69) is 65.6 Å². The minimum absolute atomic E-state index is 0.152. The van der Waals surface area contributed by atoms with E-state index in [-0.39, 0.29) is 17.9 Å². The molecule has 0 aliphatic carbocycles. The molecule has 0 unspecified atom stereocenters. The summed E-state index contributed by atoms with van der Waals surface area (Å²) >= 11 is 7.91. The zero-order chi connectivity index (χ0) is 24.6. The summed E-state index contributed by atoms with van der Waals surface area (Å²) in [5.41, 5.74) is 2.13. The highest BCUT2D eigenvalue weighted by molar-refractivity contribution is 14.1. The van der Waals surface area contributed by atoms with Crippen molar-refractivity contribution in [3.8, 4) is 11.5 Å². The zero-order valence-corrected chi connectivity index (χ0v) is 23.1. The van der Waals surface area contributed by atoms with Crippen molar-refractivity contribution in [1.29, 1.82) is 0 Å². The molecule has 1 fully saturated rings. The molecule has 0 aromatic heterocycles. The van der Waals surface area contributed by atoms with E-state index in [0.717, 1.165) is 28.2 Å². The van der Waals surface area contributed by atoms with Crippen molar-refractivity contribution in [2.45, 2.75) is 57.2 Å². The van der Waals surface area contributed by atoms with Gasteiger partial charge in [-0.15, -0.1) is 11.6 Å². The maximum absolute atomic E-state index is 10.4. The highest BCUT2D eigenvalue weighted by Crippen LogP contribution is 2.35. The summed E-state index contributed by atoms with van der Waals surface area (Å²) in [6.45, 7) is 7.68. The van der Waals surface area contributed by atoms with E-state index < -0.39 is 12.2 Å². The number of hydrogen-bond acceptors (Lipinski definition) is 5. The highest BCUT2D eigenvalue weighted by atomic mass is 127. The van der Waals surface area contributed by atoms with Crippen LogP contribution >= 0.6 is 34.2 Å². The number of β-amino-alcohol motifs (C(OH)–C–C–N with tert-alkyl or cyclic N) is 1. The van der Waals surface area contributed by atoms with Gasteiger partial charge in [0.2, 0.25) is 0 Å². The molecule has 0 spiro atoms. The molecule has 1 saturated heterocycles. The Kier molecular flexibility index (Phi) is 10.8. The lowest BCUT2D eigenvalue weighted by Gasteiger charge is -2.27. The Bertz CT molecular complexity index is 885. The smallest absolute Gasteiger partial charge is 0.132 e. The molecule has 0 radical (unpaired) electrons. The first kappa shape index (κ1) is 27.5. The second-order valence-electron chi connectivity index (χ2n) is 9.59. The topological polar surface area (TPSA) is 62.2 Å². The normalized spacial score (nSPS) is 17.1. The lowest BCUT2D eigenvalue weighted by Crippen LogP contribution is -2.36. The van der Waals surface area contributed by atoms with Gasteiger partial charge in [0.05, 0.1) is 9.45 Å². The molecule has 0 amide bonds. The van der Waals surface area contributed by atoms with Crippen molar-refractivity contribution in [1.82, 2.24) is 4.90 Å². The van der Waals surface area contributed by atoms with Crippen molar-refractivity contribution in [3.05, 3.63) is 57.2 Å². The number of alkyl halides is 1. The maximum atomic E-state index is 10.4. The van der Waals surface area contributed by atoms with Crippen LogP contribution in [0.2, 0.25) is 0 Å². The van der Waals surface area contributed by atoms with Crippen LogP contribution < -0.4 is 9.47 Å². The van der Waals surface area contributed by atoms with Crippen molar-refractivity contribution in [2.24, 2.45) is 0 Å². The molecule has 2 aromatic carbocycles. The fraction of sp³-hybridized carbons (Fsp3) is 0.556. The summed E-state index contributed by atoms with van der Waals surface area (Å²) in [7, 11) is 0. The summed E-state index contributed by atoms with van der Waals surface area (Å²) in [5.74, 6) is 1.66. The Balaban J connectivity index is 1.56. The van der Waals surface area contributed by atoms with E-state index in [1.54, 1.807) is 0 Å². The largest absolute Gasteiger partial charge is 0.491 e. The van der Waals surface area contributed by atoms with Gasteiger partial charge in [0.15, 0.2) is 0 Å². The van der Waals surface area contributed by atoms with Crippen LogP contribution in [0.5, 0.6) is 11.5 Å². The molecule has 1 aliphatic heterocycles. The molecule has 2 atom stereocenters. The number of halogens is 2. The Morgan fingerprint density at radius 3 is 2.15 bits per heavy atom. The Hall–Kier alpha value is -1.06. The van der Waals surface area contributed by atoms with Crippen LogP contribution in [-0.4, -0.2) is 66.0 Å². The van der Waals surface area contributed by atoms with Gasteiger partial charge in [0.1, 0.15) is 36.9 Å². The van der Waals surface area contributed by atoms with Gasteiger partial charge in [0, 0.05) is 12.0 Å². The third kappa shape index (κ3) is 7.98. The number of likely N-dealkylation sites (tertiary alicyclic amines) is 1. The molecule has 1 heterocycles. The Labute approximate surface area is 222 Å². The van der Waals surface area contributed by atoms with Gasteiger partial charge in [-0.1, -0.05) is 44.9 Å². The lowest BCUT2D eigenvalue weighted by atomic mass is 9.78. The summed E-state index contributed by atoms with van der Waals surface area (Å²) in [4.78, 5) is 2.35. The van der Waals surface area contributed by atoms with E-state index in [1.807, 2.05) is 18.2 Å². The van der Waals surface area contributed by atoms with Gasteiger partial charge in [-0.05, 0) is 83.9 Å². The van der Waals surface area contributed by atoms with Gasteiger partial charge < -0.3 is 24.6 Å². The third-order valence-electron chi connectivity index (χ3n) is 6.45. The summed E-state index contributed by atoms with van der Waals surface area (Å²) in [5, 5.41) is 20.1. The standard InChI is InChI=1S/C27H37ClINO4/c1-27(2,21-9-12-26(25(29)15-21)34-18-22(31)16-28)20-7-10-24(11-8-20)33-19-23(32)17-30-13-5-3-4-6-14-30/h7-12,15,22-23,31-32H,3-6,13-14,16-19H2,1-2H3/t22-,23+/m1/s1. The van der Waals surface area contributed by atoms with Crippen LogP contribution in [0, 0.1) is 3.57 Å². The van der Waals surface area contributed by atoms with Crippen molar-refractivity contribution >= 4 is 34.2 Å². The zero-order valence-electron chi connectivity index (χ0n) is 20.2. The predicted molar refractivity (Wildman–Crippen MR) is 146 cm³/mol. The Morgan fingerprint density at radius 2 is 1.53 bits per heavy atom. The van der Waals surface area contributed by atoms with Crippen LogP contribution in [0.3, 0.4) is 0 Å². The maximum Gasteiger partial charge on any atom is 0.132 e. The first-order valence-electron chi connectivity index (χ1n) is 12.1. The first-order chi connectivity index (χ1) is 16.3. The summed E-state index contributed by atoms with van der Waals surface area (Å²) < 4.78 is 12.6. The molecule has 1 aliphatic rings. The van der Waals surface area contributed by atoms with Gasteiger partial charge in [-0.25, -0.2) is 0 Å². The van der Waals surface area contributed by atoms with Crippen LogP contribution in [-0.2, 0) is 5.41 Å². The quantitative estimate of drug-likeness (QED) is 0.274. The van der Waals surface area contributed by atoms with E-state index in [9.17, 15) is 10.2 Å². The molecule has 0 saturated carbocycles. The summed E-state index contributed by atoms with van der Waals surface area (Å²) in [6, 6.07) is 14.3. The number of rotatable bonds is 11. The first-order valence-corrected chi connectivity index (χ1v) is 13.7. The predicted octanol–water partition coefficient (Wildman–Crippen LogP) is 5.21. The average molecular weight is 602 g/mol. The molecule has 188 valence electrons. The van der Waals surface area contributed by atoms with Crippen LogP contribution in [0.4, 0.5) is 0 Å². The van der Waals surface area contributed by atoms with Crippen LogP contribution in [0.25, 0.3) is 0 Å². The Morgan fingerprint density at radius 1 is 0.912 bits per heavy atom. The molecule has 5 nitrogen and oxygen atoms in total. The third-order valence-corrected chi connectivity index (χ3v) is 7.65. The number of nitrogens with zero attached hydrogens (tertiary/aromatic N) is 1. The number of benzene rings is 2. The van der Waals surface area contributed by atoms with Crippen LogP contribution in [0.1, 0.15) is 50.7 Å². The van der Waals surface area contributed by atoms with Gasteiger partial charge >= 0.3 is 0 Å². The second kappa shape index (κ2) is 13.3. The SMILES string of the molecule is CC(C)(c1ccc(OC[C@@H](O)CN2CCCCCC2)cc1)c1ccc(OC[C@H](O)CCl)c(I)c1. The monoisotopic (exact) mass is 601 g/mol. The van der Waals surface area contributed by atoms with Gasteiger partial charge in [-0.3, -0.25) is 0 Å². The van der Waals surface area contributed by atoms with Gasteiger partial charge in [0.25, 0.3) is 0 Å². The molecule has 7 heteroatoms.